The Kier molecular flexibility index (Phi) is 4.17. The number of amides is 1. The lowest BCUT2D eigenvalue weighted by molar-refractivity contribution is -0.129. The summed E-state index contributed by atoms with van der Waals surface area (Å²) in [6.45, 7) is 0.780. The molecule has 3 heterocycles. The maximum absolute atomic E-state index is 12.7. The largest absolute Gasteiger partial charge is 0.465 e. The Morgan fingerprint density at radius 2 is 2.17 bits per heavy atom. The third-order valence-electron chi connectivity index (χ3n) is 4.31. The third-order valence-corrected chi connectivity index (χ3v) is 5.45. The van der Waals surface area contributed by atoms with Gasteiger partial charge < -0.3 is 9.32 Å². The Morgan fingerprint density at radius 3 is 3.00 bits per heavy atom. The molecule has 4 nitrogen and oxygen atoms in total. The molecule has 1 aliphatic rings. The van der Waals surface area contributed by atoms with Crippen LogP contribution in [0.4, 0.5) is 0 Å². The van der Waals surface area contributed by atoms with E-state index in [1.54, 1.807) is 29.8 Å². The summed E-state index contributed by atoms with van der Waals surface area (Å²) in [6.07, 6.45) is 8.08. The molecule has 2 aromatic heterocycles. The van der Waals surface area contributed by atoms with Crippen LogP contribution in [0.5, 0.6) is 0 Å². The minimum Gasteiger partial charge on any atom is -0.465 e. The number of hydrogen-bond acceptors (Lipinski definition) is 4. The molecule has 1 fully saturated rings. The van der Waals surface area contributed by atoms with Crippen molar-refractivity contribution in [1.82, 2.24) is 9.88 Å². The smallest absolute Gasteiger partial charge is 0.247 e. The Labute approximate surface area is 144 Å². The molecule has 1 amide bonds. The van der Waals surface area contributed by atoms with Crippen molar-refractivity contribution in [2.75, 3.05) is 6.54 Å². The average Bonchev–Trinajstić information content (AvgIpc) is 3.29. The molecule has 0 N–H and O–H groups in total. The first kappa shape index (κ1) is 15.1. The standard InChI is InChI=1S/C19H18N2O2S/c22-18(11-10-14-6-5-13-23-14)21-12-4-3-8-16(21)19-20-15-7-1-2-9-17(15)24-19/h1-2,5-7,9-11,13,16H,3-4,8,12H2/b11-10+. The van der Waals surface area contributed by atoms with Gasteiger partial charge in [-0.2, -0.15) is 0 Å². The van der Waals surface area contributed by atoms with Gasteiger partial charge in [0.25, 0.3) is 0 Å². The van der Waals surface area contributed by atoms with Crippen molar-refractivity contribution < 1.29 is 9.21 Å². The number of benzene rings is 1. The number of aromatic nitrogens is 1. The summed E-state index contributed by atoms with van der Waals surface area (Å²) < 4.78 is 6.43. The number of rotatable bonds is 3. The van der Waals surface area contributed by atoms with E-state index in [-0.39, 0.29) is 11.9 Å². The summed E-state index contributed by atoms with van der Waals surface area (Å²) in [4.78, 5) is 19.4. The average molecular weight is 338 g/mol. The predicted octanol–water partition coefficient (Wildman–Crippen LogP) is 4.66. The number of likely N-dealkylation sites (tertiary alicyclic amines) is 1. The lowest BCUT2D eigenvalue weighted by atomic mass is 10.0. The predicted molar refractivity (Wildman–Crippen MR) is 95.7 cm³/mol. The second-order valence-corrected chi connectivity index (χ2v) is 6.97. The number of carbonyl (C=O) groups excluding carboxylic acids is 1. The fourth-order valence-electron chi connectivity index (χ4n) is 3.12. The zero-order valence-electron chi connectivity index (χ0n) is 13.2. The number of piperidine rings is 1. The van der Waals surface area contributed by atoms with Gasteiger partial charge in [-0.25, -0.2) is 4.98 Å². The van der Waals surface area contributed by atoms with Gasteiger partial charge in [0.05, 0.1) is 22.5 Å². The van der Waals surface area contributed by atoms with E-state index in [1.165, 1.54) is 4.70 Å². The Balaban J connectivity index is 1.59. The van der Waals surface area contributed by atoms with Crippen LogP contribution in [0, 0.1) is 0 Å². The molecule has 5 heteroatoms. The molecule has 122 valence electrons. The van der Waals surface area contributed by atoms with Gasteiger partial charge >= 0.3 is 0 Å². The molecule has 0 aliphatic carbocycles. The normalized spacial score (nSPS) is 18.5. The fraction of sp³-hybridized carbons (Fsp3) is 0.263. The highest BCUT2D eigenvalue weighted by Gasteiger charge is 2.29. The summed E-state index contributed by atoms with van der Waals surface area (Å²) in [6, 6.07) is 11.9. The SMILES string of the molecule is O=C(/C=C/c1ccco1)N1CCCCC1c1nc2ccccc2s1. The number of thiazole rings is 1. The molecule has 0 spiro atoms. The lowest BCUT2D eigenvalue weighted by Crippen LogP contribution is -2.37. The topological polar surface area (TPSA) is 46.3 Å². The number of hydrogen-bond donors (Lipinski definition) is 0. The van der Waals surface area contributed by atoms with Gasteiger partial charge in [0.2, 0.25) is 5.91 Å². The van der Waals surface area contributed by atoms with Crippen LogP contribution in [-0.2, 0) is 4.79 Å². The van der Waals surface area contributed by atoms with Gasteiger partial charge in [0.1, 0.15) is 10.8 Å². The first-order valence-electron chi connectivity index (χ1n) is 8.19. The van der Waals surface area contributed by atoms with Crippen LogP contribution < -0.4 is 0 Å². The van der Waals surface area contributed by atoms with E-state index in [2.05, 4.69) is 6.07 Å². The van der Waals surface area contributed by atoms with Crippen LogP contribution in [-0.4, -0.2) is 22.3 Å². The summed E-state index contributed by atoms with van der Waals surface area (Å²) in [5, 5.41) is 1.04. The number of para-hydroxylation sites is 1. The highest BCUT2D eigenvalue weighted by Crippen LogP contribution is 2.35. The first-order valence-corrected chi connectivity index (χ1v) is 9.00. The molecule has 4 rings (SSSR count). The molecule has 0 radical (unpaired) electrons. The Hall–Kier alpha value is -2.40. The second-order valence-electron chi connectivity index (χ2n) is 5.91. The van der Waals surface area contributed by atoms with Gasteiger partial charge in [-0.15, -0.1) is 11.3 Å². The molecule has 1 atom stereocenters. The van der Waals surface area contributed by atoms with Crippen LogP contribution >= 0.6 is 11.3 Å². The molecule has 1 unspecified atom stereocenters. The van der Waals surface area contributed by atoms with Gasteiger partial charge in [0.15, 0.2) is 0 Å². The van der Waals surface area contributed by atoms with Crippen molar-refractivity contribution >= 4 is 33.5 Å². The highest BCUT2D eigenvalue weighted by molar-refractivity contribution is 7.18. The van der Waals surface area contributed by atoms with E-state index in [9.17, 15) is 4.79 Å². The maximum Gasteiger partial charge on any atom is 0.247 e. The Bertz CT molecular complexity index is 834. The van der Waals surface area contributed by atoms with E-state index in [0.29, 0.717) is 5.76 Å². The zero-order valence-corrected chi connectivity index (χ0v) is 14.0. The van der Waals surface area contributed by atoms with Crippen LogP contribution in [0.3, 0.4) is 0 Å². The van der Waals surface area contributed by atoms with Gasteiger partial charge in [0, 0.05) is 12.6 Å². The van der Waals surface area contributed by atoms with E-state index < -0.39 is 0 Å². The summed E-state index contributed by atoms with van der Waals surface area (Å²) in [7, 11) is 0. The van der Waals surface area contributed by atoms with Crippen LogP contribution in [0.15, 0.2) is 53.2 Å². The van der Waals surface area contributed by atoms with Crippen LogP contribution in [0.1, 0.15) is 36.1 Å². The summed E-state index contributed by atoms with van der Waals surface area (Å²) >= 11 is 1.69. The van der Waals surface area contributed by atoms with Gasteiger partial charge in [-0.1, -0.05) is 12.1 Å². The lowest BCUT2D eigenvalue weighted by Gasteiger charge is -2.33. The number of carbonyl (C=O) groups is 1. The van der Waals surface area contributed by atoms with Gasteiger partial charge in [-0.05, 0) is 49.6 Å². The number of fused-ring (bicyclic) bond motifs is 1. The molecular weight excluding hydrogens is 320 g/mol. The van der Waals surface area contributed by atoms with Crippen LogP contribution in [0.2, 0.25) is 0 Å². The van der Waals surface area contributed by atoms with Crippen molar-refractivity contribution in [2.45, 2.75) is 25.3 Å². The zero-order chi connectivity index (χ0) is 16.4. The van der Waals surface area contributed by atoms with Crippen molar-refractivity contribution in [3.63, 3.8) is 0 Å². The monoisotopic (exact) mass is 338 g/mol. The van der Waals surface area contributed by atoms with E-state index >= 15 is 0 Å². The molecule has 3 aromatic rings. The minimum atomic E-state index is 0.0235. The van der Waals surface area contributed by atoms with Crippen molar-refractivity contribution in [3.8, 4) is 0 Å². The van der Waals surface area contributed by atoms with Crippen molar-refractivity contribution in [3.05, 3.63) is 59.5 Å². The fourth-order valence-corrected chi connectivity index (χ4v) is 4.24. The van der Waals surface area contributed by atoms with Gasteiger partial charge in [-0.3, -0.25) is 4.79 Å². The van der Waals surface area contributed by atoms with E-state index in [0.717, 1.165) is 36.3 Å². The molecular formula is C19H18N2O2S. The highest BCUT2D eigenvalue weighted by atomic mass is 32.1. The van der Waals surface area contributed by atoms with Crippen molar-refractivity contribution in [2.24, 2.45) is 0 Å². The third kappa shape index (κ3) is 2.99. The molecule has 1 saturated heterocycles. The van der Waals surface area contributed by atoms with E-state index in [1.807, 2.05) is 35.2 Å². The summed E-state index contributed by atoms with van der Waals surface area (Å²) in [5.74, 6) is 0.715. The maximum atomic E-state index is 12.7. The minimum absolute atomic E-state index is 0.0235. The Morgan fingerprint density at radius 1 is 1.25 bits per heavy atom. The van der Waals surface area contributed by atoms with E-state index in [4.69, 9.17) is 9.40 Å². The molecule has 0 bridgehead atoms. The van der Waals surface area contributed by atoms with Crippen molar-refractivity contribution in [1.29, 1.82) is 0 Å². The first-order chi connectivity index (χ1) is 11.8. The number of furan rings is 1. The molecule has 1 aromatic carbocycles. The molecule has 1 aliphatic heterocycles. The second kappa shape index (κ2) is 6.61. The number of nitrogens with zero attached hydrogens (tertiary/aromatic N) is 2. The van der Waals surface area contributed by atoms with Crippen LogP contribution in [0.25, 0.3) is 16.3 Å². The molecule has 24 heavy (non-hydrogen) atoms. The summed E-state index contributed by atoms with van der Waals surface area (Å²) in [5.41, 5.74) is 1.02. The molecule has 0 saturated carbocycles. The quantitative estimate of drug-likeness (QED) is 0.653.